The standard InChI is InChI=1S/C41H39N7O6/c1-46-25-42-22-30(46)24-48(23-27-11-14-34-28(17-27)21-43-47(34)2)16-15-26-9-12-29(13-10-26)44-40(50)32-18-37(52-3)38(53-4)19-33(32)45-41(51)39-20-35(49)31-7-5-6-8-36(31)54-39/h5-14,17-22,25H,15-16,23-24H2,1-4H3,(H,44,50)(H,45,51). The van der Waals surface area contributed by atoms with E-state index in [1.165, 1.54) is 31.9 Å². The van der Waals surface area contributed by atoms with Crippen molar-refractivity contribution >= 4 is 45.1 Å². The average molecular weight is 726 g/mol. The predicted molar refractivity (Wildman–Crippen MR) is 206 cm³/mol. The van der Waals surface area contributed by atoms with E-state index in [1.807, 2.05) is 66.3 Å². The number of carbonyl (C=O) groups is 2. The minimum Gasteiger partial charge on any atom is -0.493 e. The highest BCUT2D eigenvalue weighted by Crippen LogP contribution is 2.34. The van der Waals surface area contributed by atoms with Gasteiger partial charge in [-0.05, 0) is 60.0 Å². The highest BCUT2D eigenvalue weighted by Gasteiger charge is 2.21. The SMILES string of the molecule is COc1cc(NC(=O)c2cc(=O)c3ccccc3o2)c(C(=O)Nc2ccc(CCN(Cc3ccc4c(cnn4C)c3)Cc3cncn3C)cc2)cc1OC. The Labute approximate surface area is 310 Å². The van der Waals surface area contributed by atoms with Gasteiger partial charge in [-0.15, -0.1) is 0 Å². The number of anilines is 2. The second-order valence-electron chi connectivity index (χ2n) is 12.9. The monoisotopic (exact) mass is 725 g/mol. The Balaban J connectivity index is 1.06. The summed E-state index contributed by atoms with van der Waals surface area (Å²) in [5.41, 5.74) is 5.22. The lowest BCUT2D eigenvalue weighted by Gasteiger charge is -2.23. The molecule has 0 aliphatic heterocycles. The van der Waals surface area contributed by atoms with Crippen LogP contribution in [0.4, 0.5) is 11.4 Å². The van der Waals surface area contributed by atoms with Crippen molar-refractivity contribution in [3.05, 3.63) is 142 Å². The number of ether oxygens (including phenoxy) is 2. The van der Waals surface area contributed by atoms with Crippen LogP contribution in [0.1, 0.15) is 37.7 Å². The molecule has 0 saturated carbocycles. The van der Waals surface area contributed by atoms with E-state index in [1.54, 1.807) is 24.3 Å². The zero-order valence-electron chi connectivity index (χ0n) is 30.3. The lowest BCUT2D eigenvalue weighted by molar-refractivity contribution is 0.0997. The van der Waals surface area contributed by atoms with Crippen LogP contribution >= 0.6 is 0 Å². The molecule has 274 valence electrons. The molecule has 0 spiro atoms. The molecule has 4 aromatic carbocycles. The average Bonchev–Trinajstić information content (AvgIpc) is 3.77. The van der Waals surface area contributed by atoms with Gasteiger partial charge in [0.25, 0.3) is 11.8 Å². The van der Waals surface area contributed by atoms with Crippen LogP contribution < -0.4 is 25.5 Å². The highest BCUT2D eigenvalue weighted by atomic mass is 16.5. The summed E-state index contributed by atoms with van der Waals surface area (Å²) >= 11 is 0. The van der Waals surface area contributed by atoms with Crippen LogP contribution in [0.3, 0.4) is 0 Å². The molecule has 0 unspecified atom stereocenters. The Kier molecular flexibility index (Phi) is 10.2. The van der Waals surface area contributed by atoms with E-state index in [0.717, 1.165) is 54.3 Å². The second-order valence-corrected chi connectivity index (χ2v) is 12.9. The van der Waals surface area contributed by atoms with Crippen molar-refractivity contribution in [1.82, 2.24) is 24.2 Å². The van der Waals surface area contributed by atoms with E-state index in [-0.39, 0.29) is 28.0 Å². The first-order chi connectivity index (χ1) is 26.2. The lowest BCUT2D eigenvalue weighted by Crippen LogP contribution is -2.26. The third-order valence-electron chi connectivity index (χ3n) is 9.32. The van der Waals surface area contributed by atoms with Crippen LogP contribution in [0.5, 0.6) is 11.5 Å². The van der Waals surface area contributed by atoms with Crippen LogP contribution in [0.25, 0.3) is 21.9 Å². The summed E-state index contributed by atoms with van der Waals surface area (Å²) in [5, 5.41) is 11.5. The first-order valence-corrected chi connectivity index (χ1v) is 17.3. The molecule has 0 atom stereocenters. The summed E-state index contributed by atoms with van der Waals surface area (Å²) in [6.07, 6.45) is 6.37. The smallest absolute Gasteiger partial charge is 0.291 e. The molecule has 0 aliphatic rings. The van der Waals surface area contributed by atoms with Crippen LogP contribution in [0.15, 0.2) is 113 Å². The number of imidazole rings is 1. The molecule has 0 radical (unpaired) electrons. The molecular formula is C41H39N7O6. The fraction of sp³-hybridized carbons (Fsp3) is 0.195. The number of fused-ring (bicyclic) bond motifs is 2. The van der Waals surface area contributed by atoms with Crippen LogP contribution in [0, 0.1) is 0 Å². The number of nitrogens with zero attached hydrogens (tertiary/aromatic N) is 5. The zero-order chi connectivity index (χ0) is 37.8. The van der Waals surface area contributed by atoms with Crippen LogP contribution in [0.2, 0.25) is 0 Å². The van der Waals surface area contributed by atoms with Crippen molar-refractivity contribution in [2.75, 3.05) is 31.4 Å². The summed E-state index contributed by atoms with van der Waals surface area (Å²) in [4.78, 5) is 46.4. The van der Waals surface area contributed by atoms with Crippen molar-refractivity contribution in [1.29, 1.82) is 0 Å². The van der Waals surface area contributed by atoms with E-state index >= 15 is 0 Å². The van der Waals surface area contributed by atoms with Crippen molar-refractivity contribution in [3.8, 4) is 11.5 Å². The normalized spacial score (nSPS) is 11.3. The Hall–Kier alpha value is -6.73. The topological polar surface area (TPSA) is 146 Å². The number of hydrogen-bond donors (Lipinski definition) is 2. The molecule has 2 amide bonds. The number of amides is 2. The maximum absolute atomic E-state index is 13.7. The molecule has 0 bridgehead atoms. The Bertz CT molecular complexity index is 2540. The minimum absolute atomic E-state index is 0.114. The van der Waals surface area contributed by atoms with E-state index in [2.05, 4.69) is 43.8 Å². The number of aromatic nitrogens is 4. The molecule has 0 aliphatic carbocycles. The number of methoxy groups -OCH3 is 2. The summed E-state index contributed by atoms with van der Waals surface area (Å²) in [6.45, 7) is 2.27. The van der Waals surface area contributed by atoms with Gasteiger partial charge >= 0.3 is 0 Å². The summed E-state index contributed by atoms with van der Waals surface area (Å²) in [7, 11) is 6.85. The van der Waals surface area contributed by atoms with E-state index in [4.69, 9.17) is 13.9 Å². The third-order valence-corrected chi connectivity index (χ3v) is 9.32. The minimum atomic E-state index is -0.710. The Morgan fingerprint density at radius 1 is 0.833 bits per heavy atom. The van der Waals surface area contributed by atoms with Gasteiger partial charge in [0.15, 0.2) is 22.7 Å². The van der Waals surface area contributed by atoms with Gasteiger partial charge < -0.3 is 29.1 Å². The highest BCUT2D eigenvalue weighted by molar-refractivity contribution is 6.12. The largest absolute Gasteiger partial charge is 0.493 e. The van der Waals surface area contributed by atoms with Gasteiger partial charge in [-0.3, -0.25) is 24.0 Å². The van der Waals surface area contributed by atoms with E-state index in [0.29, 0.717) is 22.6 Å². The van der Waals surface area contributed by atoms with Gasteiger partial charge in [-0.2, -0.15) is 5.10 Å². The van der Waals surface area contributed by atoms with Crippen molar-refractivity contribution in [2.45, 2.75) is 19.5 Å². The molecule has 7 aromatic rings. The molecule has 54 heavy (non-hydrogen) atoms. The molecular weight excluding hydrogens is 686 g/mol. The van der Waals surface area contributed by atoms with Gasteiger partial charge in [0.05, 0.1) is 54.6 Å². The quantitative estimate of drug-likeness (QED) is 0.142. The Morgan fingerprint density at radius 3 is 2.35 bits per heavy atom. The van der Waals surface area contributed by atoms with Gasteiger partial charge in [0.1, 0.15) is 5.58 Å². The molecule has 2 N–H and O–H groups in total. The predicted octanol–water partition coefficient (Wildman–Crippen LogP) is 6.18. The van der Waals surface area contributed by atoms with Crippen LogP contribution in [-0.2, 0) is 33.6 Å². The fourth-order valence-electron chi connectivity index (χ4n) is 6.36. The van der Waals surface area contributed by atoms with Gasteiger partial charge in [0, 0.05) is 63.1 Å². The number of nitrogens with one attached hydrogen (secondary N) is 2. The van der Waals surface area contributed by atoms with Gasteiger partial charge in [-0.1, -0.05) is 30.3 Å². The number of para-hydroxylation sites is 1. The molecule has 13 heteroatoms. The number of aryl methyl sites for hydroxylation is 2. The van der Waals surface area contributed by atoms with Crippen molar-refractivity contribution in [2.24, 2.45) is 14.1 Å². The summed E-state index contributed by atoms with van der Waals surface area (Å²) < 4.78 is 20.5. The molecule has 13 nitrogen and oxygen atoms in total. The van der Waals surface area contributed by atoms with Crippen molar-refractivity contribution in [3.63, 3.8) is 0 Å². The maximum Gasteiger partial charge on any atom is 0.291 e. The molecule has 3 aromatic heterocycles. The molecule has 7 rings (SSSR count). The van der Waals surface area contributed by atoms with Crippen molar-refractivity contribution < 1.29 is 23.5 Å². The number of benzene rings is 4. The molecule has 3 heterocycles. The first-order valence-electron chi connectivity index (χ1n) is 17.3. The molecule has 0 fully saturated rings. The number of hydrogen-bond acceptors (Lipinski definition) is 9. The van der Waals surface area contributed by atoms with Gasteiger partial charge in [-0.25, -0.2) is 4.98 Å². The van der Waals surface area contributed by atoms with Gasteiger partial charge in [0.2, 0.25) is 0 Å². The summed E-state index contributed by atoms with van der Waals surface area (Å²) in [5.74, 6) is -0.817. The fourth-order valence-corrected chi connectivity index (χ4v) is 6.36. The van der Waals surface area contributed by atoms with Crippen LogP contribution in [-0.4, -0.2) is 56.8 Å². The van der Waals surface area contributed by atoms with E-state index in [9.17, 15) is 14.4 Å². The second kappa shape index (κ2) is 15.5. The maximum atomic E-state index is 13.7. The van der Waals surface area contributed by atoms with E-state index < -0.39 is 11.8 Å². The lowest BCUT2D eigenvalue weighted by atomic mass is 10.1. The third kappa shape index (κ3) is 7.71. The number of carbonyl (C=O) groups excluding carboxylic acids is 2. The molecule has 0 saturated heterocycles. The first kappa shape index (κ1) is 35.7. The number of rotatable bonds is 13. The Morgan fingerprint density at radius 2 is 1.59 bits per heavy atom. The zero-order valence-corrected chi connectivity index (χ0v) is 30.3. The summed E-state index contributed by atoms with van der Waals surface area (Å²) in [6, 6.07) is 24.8.